The van der Waals surface area contributed by atoms with Crippen molar-refractivity contribution in [1.82, 2.24) is 5.32 Å². The molecule has 0 fully saturated rings. The normalized spacial score (nSPS) is 11.1. The summed E-state index contributed by atoms with van der Waals surface area (Å²) >= 11 is 0. The van der Waals surface area contributed by atoms with E-state index in [1.165, 1.54) is 11.4 Å². The molecule has 0 aromatic heterocycles. The molecule has 2 aromatic rings. The Morgan fingerprint density at radius 1 is 1.07 bits per heavy atom. The van der Waals surface area contributed by atoms with E-state index < -0.39 is 10.0 Å². The number of methoxy groups -OCH3 is 1. The minimum Gasteiger partial charge on any atom is -0.495 e. The van der Waals surface area contributed by atoms with Gasteiger partial charge in [-0.05, 0) is 61.7 Å². The summed E-state index contributed by atoms with van der Waals surface area (Å²) in [5.74, 6) is 0.231. The summed E-state index contributed by atoms with van der Waals surface area (Å²) in [5, 5.41) is 2.78. The predicted molar refractivity (Wildman–Crippen MR) is 108 cm³/mol. The first-order chi connectivity index (χ1) is 12.6. The molecule has 7 heteroatoms. The Bertz CT molecular complexity index is 939. The lowest BCUT2D eigenvalue weighted by Crippen LogP contribution is -2.38. The minimum atomic E-state index is -3.54. The van der Waals surface area contributed by atoms with Gasteiger partial charge in [0, 0.05) is 12.1 Å². The van der Waals surface area contributed by atoms with Crippen LogP contribution in [0.25, 0.3) is 0 Å². The molecule has 1 amide bonds. The van der Waals surface area contributed by atoms with Gasteiger partial charge in [-0.15, -0.1) is 0 Å². The van der Waals surface area contributed by atoms with E-state index in [1.54, 1.807) is 18.2 Å². The maximum absolute atomic E-state index is 12.3. The number of rotatable bonds is 7. The van der Waals surface area contributed by atoms with Gasteiger partial charge in [-0.2, -0.15) is 0 Å². The summed E-state index contributed by atoms with van der Waals surface area (Å²) in [5.41, 5.74) is 4.07. The predicted octanol–water partition coefficient (Wildman–Crippen LogP) is 2.82. The van der Waals surface area contributed by atoms with Gasteiger partial charge < -0.3 is 10.1 Å². The Labute approximate surface area is 161 Å². The molecule has 0 bridgehead atoms. The second-order valence-corrected chi connectivity index (χ2v) is 8.47. The number of benzene rings is 2. The molecule has 0 radical (unpaired) electrons. The quantitative estimate of drug-likeness (QED) is 0.789. The number of hydrogen-bond acceptors (Lipinski definition) is 4. The average molecular weight is 391 g/mol. The van der Waals surface area contributed by atoms with Crippen LogP contribution < -0.4 is 14.4 Å². The molecule has 0 atom stereocenters. The number of anilines is 1. The third kappa shape index (κ3) is 5.23. The van der Waals surface area contributed by atoms with Crippen LogP contribution in [-0.4, -0.2) is 40.8 Å². The second kappa shape index (κ2) is 8.43. The average Bonchev–Trinajstić information content (AvgIpc) is 2.59. The van der Waals surface area contributed by atoms with Crippen molar-refractivity contribution in [1.29, 1.82) is 0 Å². The molecule has 0 heterocycles. The first-order valence-electron chi connectivity index (χ1n) is 8.61. The highest BCUT2D eigenvalue weighted by molar-refractivity contribution is 7.92. The van der Waals surface area contributed by atoms with Crippen LogP contribution in [-0.2, 0) is 10.0 Å². The molecular weight excluding hydrogens is 364 g/mol. The highest BCUT2D eigenvalue weighted by Gasteiger charge is 2.21. The first-order valence-corrected chi connectivity index (χ1v) is 10.5. The third-order valence-corrected chi connectivity index (χ3v) is 5.55. The van der Waals surface area contributed by atoms with Gasteiger partial charge in [-0.1, -0.05) is 12.1 Å². The van der Waals surface area contributed by atoms with Crippen LogP contribution in [0.1, 0.15) is 27.0 Å². The number of carbonyl (C=O) groups excluding carboxylic acids is 1. The molecule has 27 heavy (non-hydrogen) atoms. The molecule has 146 valence electrons. The van der Waals surface area contributed by atoms with Gasteiger partial charge in [0.1, 0.15) is 5.75 Å². The molecule has 2 aromatic carbocycles. The zero-order valence-corrected chi connectivity index (χ0v) is 17.2. The molecule has 1 N–H and O–H groups in total. The lowest BCUT2D eigenvalue weighted by atomic mass is 10.1. The van der Waals surface area contributed by atoms with Crippen LogP contribution in [0.3, 0.4) is 0 Å². The summed E-state index contributed by atoms with van der Waals surface area (Å²) in [6.45, 7) is 6.09. The van der Waals surface area contributed by atoms with E-state index in [4.69, 9.17) is 4.74 Å². The fraction of sp³-hybridized carbons (Fsp3) is 0.350. The Morgan fingerprint density at radius 3 is 2.37 bits per heavy atom. The van der Waals surface area contributed by atoms with Crippen molar-refractivity contribution in [3.05, 3.63) is 58.7 Å². The largest absolute Gasteiger partial charge is 0.495 e. The van der Waals surface area contributed by atoms with Gasteiger partial charge in [0.2, 0.25) is 10.0 Å². The summed E-state index contributed by atoms with van der Waals surface area (Å²) < 4.78 is 31.1. The second-order valence-electron chi connectivity index (χ2n) is 6.57. The van der Waals surface area contributed by atoms with E-state index in [9.17, 15) is 13.2 Å². The Hall–Kier alpha value is -2.54. The number of hydrogen-bond donors (Lipinski definition) is 1. The van der Waals surface area contributed by atoms with E-state index in [-0.39, 0.29) is 19.0 Å². The van der Waals surface area contributed by atoms with Crippen molar-refractivity contribution >= 4 is 21.6 Å². The number of amides is 1. The van der Waals surface area contributed by atoms with Crippen molar-refractivity contribution in [3.8, 4) is 5.75 Å². The Kier molecular flexibility index (Phi) is 6.49. The summed E-state index contributed by atoms with van der Waals surface area (Å²) in [4.78, 5) is 12.3. The van der Waals surface area contributed by atoms with E-state index in [0.717, 1.165) is 22.9 Å². The number of sulfonamides is 1. The maximum Gasteiger partial charge on any atom is 0.251 e. The number of ether oxygens (including phenoxy) is 1. The molecular formula is C20H26N2O4S. The zero-order chi connectivity index (χ0) is 20.2. The number of aryl methyl sites for hydroxylation is 3. The SMILES string of the molecule is COc1ccc(C)cc1N(CCNC(=O)c1ccc(C)c(C)c1)S(C)(=O)=O. The van der Waals surface area contributed by atoms with E-state index in [1.807, 2.05) is 39.0 Å². The van der Waals surface area contributed by atoms with E-state index in [2.05, 4.69) is 5.32 Å². The lowest BCUT2D eigenvalue weighted by molar-refractivity contribution is 0.0954. The van der Waals surface area contributed by atoms with Gasteiger partial charge in [0.05, 0.1) is 25.6 Å². The molecule has 0 aliphatic rings. The molecule has 0 spiro atoms. The standard InChI is InChI=1S/C20H26N2O4S/c1-14-6-9-19(26-4)18(12-14)22(27(5,24)25)11-10-21-20(23)17-8-7-15(2)16(3)13-17/h6-9,12-13H,10-11H2,1-5H3,(H,21,23). The third-order valence-electron chi connectivity index (χ3n) is 4.37. The molecule has 0 unspecified atom stereocenters. The van der Waals surface area contributed by atoms with Crippen molar-refractivity contribution in [2.45, 2.75) is 20.8 Å². The highest BCUT2D eigenvalue weighted by Crippen LogP contribution is 2.30. The molecule has 6 nitrogen and oxygen atoms in total. The summed E-state index contributed by atoms with van der Waals surface area (Å²) in [6, 6.07) is 10.8. The van der Waals surface area contributed by atoms with Gasteiger partial charge >= 0.3 is 0 Å². The topological polar surface area (TPSA) is 75.7 Å². The van der Waals surface area contributed by atoms with Gasteiger partial charge in [-0.3, -0.25) is 9.10 Å². The van der Waals surface area contributed by atoms with Crippen molar-refractivity contribution in [2.24, 2.45) is 0 Å². The minimum absolute atomic E-state index is 0.106. The Morgan fingerprint density at radius 2 is 1.78 bits per heavy atom. The fourth-order valence-electron chi connectivity index (χ4n) is 2.72. The zero-order valence-electron chi connectivity index (χ0n) is 16.4. The molecule has 0 saturated carbocycles. The van der Waals surface area contributed by atoms with E-state index in [0.29, 0.717) is 17.0 Å². The lowest BCUT2D eigenvalue weighted by Gasteiger charge is -2.24. The fourth-order valence-corrected chi connectivity index (χ4v) is 3.64. The summed E-state index contributed by atoms with van der Waals surface area (Å²) in [6.07, 6.45) is 1.14. The smallest absolute Gasteiger partial charge is 0.251 e. The van der Waals surface area contributed by atoms with E-state index >= 15 is 0 Å². The van der Waals surface area contributed by atoms with Gasteiger partial charge in [0.15, 0.2) is 0 Å². The van der Waals surface area contributed by atoms with Crippen molar-refractivity contribution in [3.63, 3.8) is 0 Å². The first kappa shape index (κ1) is 20.8. The van der Waals surface area contributed by atoms with Crippen LogP contribution in [0.15, 0.2) is 36.4 Å². The van der Waals surface area contributed by atoms with Crippen molar-refractivity contribution in [2.75, 3.05) is 30.8 Å². The van der Waals surface area contributed by atoms with Gasteiger partial charge in [0.25, 0.3) is 5.91 Å². The monoisotopic (exact) mass is 390 g/mol. The van der Waals surface area contributed by atoms with Crippen molar-refractivity contribution < 1.29 is 17.9 Å². The highest BCUT2D eigenvalue weighted by atomic mass is 32.2. The number of nitrogens with one attached hydrogen (secondary N) is 1. The van der Waals surface area contributed by atoms with Gasteiger partial charge in [-0.25, -0.2) is 8.42 Å². The Balaban J connectivity index is 2.15. The van der Waals surface area contributed by atoms with Crippen LogP contribution in [0.5, 0.6) is 5.75 Å². The van der Waals surface area contributed by atoms with Crippen LogP contribution in [0, 0.1) is 20.8 Å². The molecule has 0 aliphatic heterocycles. The van der Waals surface area contributed by atoms with Crippen LogP contribution in [0.2, 0.25) is 0 Å². The molecule has 2 rings (SSSR count). The maximum atomic E-state index is 12.3. The number of carbonyl (C=O) groups is 1. The van der Waals surface area contributed by atoms with Crippen LogP contribution in [0.4, 0.5) is 5.69 Å². The number of nitrogens with zero attached hydrogens (tertiary/aromatic N) is 1. The summed E-state index contributed by atoms with van der Waals surface area (Å²) in [7, 11) is -2.04. The van der Waals surface area contributed by atoms with Crippen LogP contribution >= 0.6 is 0 Å². The molecule has 0 aliphatic carbocycles. The molecule has 0 saturated heterocycles.